The van der Waals surface area contributed by atoms with Gasteiger partial charge in [-0.2, -0.15) is 11.8 Å². The van der Waals surface area contributed by atoms with E-state index in [-0.39, 0.29) is 0 Å². The number of ether oxygens (including phenoxy) is 1. The lowest BCUT2D eigenvalue weighted by Crippen LogP contribution is -2.42. The topological polar surface area (TPSA) is 50.9 Å². The van der Waals surface area contributed by atoms with Crippen LogP contribution in [0.15, 0.2) is 4.99 Å². The van der Waals surface area contributed by atoms with E-state index in [1.165, 1.54) is 0 Å². The predicted octanol–water partition coefficient (Wildman–Crippen LogP) is -0.00370. The SMILES string of the molecule is COCCN=C(N)N1CCSCC1. The number of thioether (sulfide) groups is 1. The van der Waals surface area contributed by atoms with Crippen molar-refractivity contribution in [2.24, 2.45) is 10.7 Å². The van der Waals surface area contributed by atoms with Gasteiger partial charge in [-0.1, -0.05) is 0 Å². The summed E-state index contributed by atoms with van der Waals surface area (Å²) >= 11 is 1.97. The number of rotatable bonds is 3. The molecule has 13 heavy (non-hydrogen) atoms. The van der Waals surface area contributed by atoms with Gasteiger partial charge in [-0.3, -0.25) is 4.99 Å². The lowest BCUT2D eigenvalue weighted by molar-refractivity contribution is 0.207. The Bertz CT molecular complexity index is 169. The van der Waals surface area contributed by atoms with Crippen molar-refractivity contribution in [2.75, 3.05) is 44.9 Å². The molecule has 0 aromatic heterocycles. The van der Waals surface area contributed by atoms with Gasteiger partial charge in [-0.05, 0) is 0 Å². The summed E-state index contributed by atoms with van der Waals surface area (Å²) in [4.78, 5) is 6.35. The summed E-state index contributed by atoms with van der Waals surface area (Å²) in [6, 6.07) is 0. The molecule has 0 aromatic rings. The summed E-state index contributed by atoms with van der Waals surface area (Å²) in [5.41, 5.74) is 5.80. The average Bonchev–Trinajstić information content (AvgIpc) is 2.19. The van der Waals surface area contributed by atoms with Crippen LogP contribution < -0.4 is 5.73 Å². The molecule has 1 saturated heterocycles. The van der Waals surface area contributed by atoms with E-state index >= 15 is 0 Å². The van der Waals surface area contributed by atoms with E-state index in [0.29, 0.717) is 19.1 Å². The maximum atomic E-state index is 5.80. The van der Waals surface area contributed by atoms with Gasteiger partial charge in [0.15, 0.2) is 5.96 Å². The highest BCUT2D eigenvalue weighted by Gasteiger charge is 2.11. The zero-order chi connectivity index (χ0) is 9.52. The van der Waals surface area contributed by atoms with Crippen molar-refractivity contribution in [3.05, 3.63) is 0 Å². The minimum absolute atomic E-state index is 0.642. The molecule has 76 valence electrons. The van der Waals surface area contributed by atoms with Gasteiger partial charge in [0.25, 0.3) is 0 Å². The summed E-state index contributed by atoms with van der Waals surface area (Å²) < 4.78 is 4.89. The number of hydrogen-bond donors (Lipinski definition) is 1. The quantitative estimate of drug-likeness (QED) is 0.398. The number of aliphatic imine (C=N–C) groups is 1. The highest BCUT2D eigenvalue weighted by Crippen LogP contribution is 2.08. The van der Waals surface area contributed by atoms with Gasteiger partial charge in [-0.15, -0.1) is 0 Å². The summed E-state index contributed by atoms with van der Waals surface area (Å²) in [7, 11) is 1.67. The smallest absolute Gasteiger partial charge is 0.191 e. The van der Waals surface area contributed by atoms with Crippen LogP contribution in [0, 0.1) is 0 Å². The molecule has 5 heteroatoms. The number of nitrogens with zero attached hydrogens (tertiary/aromatic N) is 2. The molecule has 4 nitrogen and oxygen atoms in total. The molecule has 0 unspecified atom stereocenters. The first kappa shape index (κ1) is 10.7. The first-order chi connectivity index (χ1) is 6.34. The molecule has 0 radical (unpaired) electrons. The van der Waals surface area contributed by atoms with Crippen molar-refractivity contribution in [2.45, 2.75) is 0 Å². The number of guanidine groups is 1. The number of methoxy groups -OCH3 is 1. The molecule has 1 aliphatic rings. The molecule has 1 rings (SSSR count). The summed E-state index contributed by atoms with van der Waals surface area (Å²) in [6.45, 7) is 3.34. The first-order valence-corrected chi connectivity index (χ1v) is 5.61. The fourth-order valence-electron chi connectivity index (χ4n) is 1.14. The van der Waals surface area contributed by atoms with E-state index in [1.54, 1.807) is 7.11 Å². The van der Waals surface area contributed by atoms with Gasteiger partial charge < -0.3 is 15.4 Å². The standard InChI is InChI=1S/C8H17N3OS/c1-12-5-2-10-8(9)11-3-6-13-7-4-11/h2-7H2,1H3,(H2,9,10). The molecule has 0 amide bonds. The second kappa shape index (κ2) is 6.10. The maximum absolute atomic E-state index is 5.80. The molecule has 0 aliphatic carbocycles. The largest absolute Gasteiger partial charge is 0.383 e. The Morgan fingerprint density at radius 2 is 2.23 bits per heavy atom. The fourth-order valence-corrected chi connectivity index (χ4v) is 2.05. The van der Waals surface area contributed by atoms with Crippen LogP contribution in [0.4, 0.5) is 0 Å². The van der Waals surface area contributed by atoms with E-state index in [2.05, 4.69) is 9.89 Å². The average molecular weight is 203 g/mol. The lowest BCUT2D eigenvalue weighted by atomic mass is 10.5. The van der Waals surface area contributed by atoms with Crippen LogP contribution in [-0.2, 0) is 4.74 Å². The number of hydrogen-bond acceptors (Lipinski definition) is 3. The fraction of sp³-hybridized carbons (Fsp3) is 0.875. The third-order valence-corrected chi connectivity index (χ3v) is 2.85. The zero-order valence-electron chi connectivity index (χ0n) is 8.03. The van der Waals surface area contributed by atoms with Crippen molar-refractivity contribution in [3.8, 4) is 0 Å². The molecule has 1 fully saturated rings. The third kappa shape index (κ3) is 3.87. The van der Waals surface area contributed by atoms with Crippen molar-refractivity contribution in [1.29, 1.82) is 0 Å². The Labute approximate surface area is 83.5 Å². The highest BCUT2D eigenvalue weighted by atomic mass is 32.2. The second-order valence-corrected chi connectivity index (χ2v) is 4.06. The van der Waals surface area contributed by atoms with Gasteiger partial charge in [0.05, 0.1) is 13.2 Å². The molecular weight excluding hydrogens is 186 g/mol. The van der Waals surface area contributed by atoms with Crippen molar-refractivity contribution in [3.63, 3.8) is 0 Å². The molecule has 2 N–H and O–H groups in total. The van der Waals surface area contributed by atoms with E-state index in [0.717, 1.165) is 24.6 Å². The Hall–Kier alpha value is -0.420. The minimum atomic E-state index is 0.642. The van der Waals surface area contributed by atoms with Crippen molar-refractivity contribution < 1.29 is 4.74 Å². The molecule has 0 saturated carbocycles. The molecule has 1 aliphatic heterocycles. The maximum Gasteiger partial charge on any atom is 0.191 e. The highest BCUT2D eigenvalue weighted by molar-refractivity contribution is 7.99. The van der Waals surface area contributed by atoms with Crippen molar-refractivity contribution >= 4 is 17.7 Å². The second-order valence-electron chi connectivity index (χ2n) is 2.83. The molecule has 0 aromatic carbocycles. The Kier molecular flexibility index (Phi) is 5.00. The lowest BCUT2D eigenvalue weighted by Gasteiger charge is -2.27. The van der Waals surface area contributed by atoms with Crippen LogP contribution in [0.25, 0.3) is 0 Å². The molecular formula is C8H17N3OS. The Balaban J connectivity index is 2.27. The van der Waals surface area contributed by atoms with Crippen LogP contribution in [0.3, 0.4) is 0 Å². The van der Waals surface area contributed by atoms with Gasteiger partial charge in [0, 0.05) is 31.7 Å². The van der Waals surface area contributed by atoms with Gasteiger partial charge in [0.2, 0.25) is 0 Å². The van der Waals surface area contributed by atoms with E-state index in [9.17, 15) is 0 Å². The predicted molar refractivity (Wildman–Crippen MR) is 57.3 cm³/mol. The molecule has 0 spiro atoms. The Morgan fingerprint density at radius 3 is 2.85 bits per heavy atom. The van der Waals surface area contributed by atoms with Crippen molar-refractivity contribution in [1.82, 2.24) is 4.90 Å². The monoisotopic (exact) mass is 203 g/mol. The minimum Gasteiger partial charge on any atom is -0.383 e. The van der Waals surface area contributed by atoms with Crippen LogP contribution in [0.2, 0.25) is 0 Å². The van der Waals surface area contributed by atoms with Gasteiger partial charge >= 0.3 is 0 Å². The molecule has 0 atom stereocenters. The van der Waals surface area contributed by atoms with E-state index < -0.39 is 0 Å². The zero-order valence-corrected chi connectivity index (χ0v) is 8.85. The summed E-state index contributed by atoms with van der Waals surface area (Å²) in [5, 5.41) is 0. The summed E-state index contributed by atoms with van der Waals surface area (Å²) in [5.74, 6) is 2.97. The van der Waals surface area contributed by atoms with Crippen LogP contribution >= 0.6 is 11.8 Å². The van der Waals surface area contributed by atoms with Gasteiger partial charge in [-0.25, -0.2) is 0 Å². The molecule has 1 heterocycles. The normalized spacial score (nSPS) is 19.2. The van der Waals surface area contributed by atoms with Crippen LogP contribution in [-0.4, -0.2) is 55.7 Å². The molecule has 0 bridgehead atoms. The van der Waals surface area contributed by atoms with Gasteiger partial charge in [0.1, 0.15) is 0 Å². The van der Waals surface area contributed by atoms with Crippen LogP contribution in [0.5, 0.6) is 0 Å². The van der Waals surface area contributed by atoms with Crippen LogP contribution in [0.1, 0.15) is 0 Å². The third-order valence-electron chi connectivity index (χ3n) is 1.90. The van der Waals surface area contributed by atoms with E-state index in [4.69, 9.17) is 10.5 Å². The summed E-state index contributed by atoms with van der Waals surface area (Å²) in [6.07, 6.45) is 0. The Morgan fingerprint density at radius 1 is 1.54 bits per heavy atom. The first-order valence-electron chi connectivity index (χ1n) is 4.46. The number of nitrogens with two attached hydrogens (primary N) is 1. The van der Waals surface area contributed by atoms with E-state index in [1.807, 2.05) is 11.8 Å².